The van der Waals surface area contributed by atoms with Crippen molar-refractivity contribution in [3.8, 4) is 5.75 Å². The molecule has 2 aromatic carbocycles. The van der Waals surface area contributed by atoms with Gasteiger partial charge in [0, 0.05) is 17.8 Å². The number of likely N-dealkylation sites (tertiary alicyclic amines) is 1. The molecule has 0 unspecified atom stereocenters. The Morgan fingerprint density at radius 2 is 1.97 bits per heavy atom. The van der Waals surface area contributed by atoms with Gasteiger partial charge in [-0.05, 0) is 54.3 Å². The fourth-order valence-electron chi connectivity index (χ4n) is 4.37. The van der Waals surface area contributed by atoms with Gasteiger partial charge in [0.25, 0.3) is 0 Å². The molecule has 166 valence electrons. The standard InChI is InChI=1S/C23H20F3N3O3/c1-13-6-15-7-14(2-4-18(15)28-13)10-27-21(31)29-11-22(12-29)9-19(30)17-8-16(23(24,25)26)3-5-20(17)32-22/h2-8,28H,9-12H2,1H3,(H,27,31). The number of H-pyrrole nitrogens is 1. The lowest BCUT2D eigenvalue weighted by atomic mass is 9.83. The second-order valence-corrected chi connectivity index (χ2v) is 8.48. The summed E-state index contributed by atoms with van der Waals surface area (Å²) in [5.41, 5.74) is 1.21. The number of halogens is 3. The summed E-state index contributed by atoms with van der Waals surface area (Å²) < 4.78 is 44.6. The summed E-state index contributed by atoms with van der Waals surface area (Å²) in [6.45, 7) is 2.72. The van der Waals surface area contributed by atoms with E-state index < -0.39 is 23.1 Å². The van der Waals surface area contributed by atoms with Crippen molar-refractivity contribution in [3.63, 3.8) is 0 Å². The predicted molar refractivity (Wildman–Crippen MR) is 111 cm³/mol. The molecule has 1 saturated heterocycles. The van der Waals surface area contributed by atoms with Crippen LogP contribution < -0.4 is 10.1 Å². The molecular formula is C23H20F3N3O3. The average molecular weight is 443 g/mol. The highest BCUT2D eigenvalue weighted by atomic mass is 19.4. The average Bonchev–Trinajstić information content (AvgIpc) is 3.08. The number of benzene rings is 2. The van der Waals surface area contributed by atoms with Gasteiger partial charge in [-0.15, -0.1) is 0 Å². The Labute approximate surface area is 181 Å². The van der Waals surface area contributed by atoms with Crippen molar-refractivity contribution >= 4 is 22.7 Å². The summed E-state index contributed by atoms with van der Waals surface area (Å²) in [5.74, 6) is -0.281. The van der Waals surface area contributed by atoms with Crippen molar-refractivity contribution in [1.82, 2.24) is 15.2 Å². The zero-order valence-corrected chi connectivity index (χ0v) is 17.2. The summed E-state index contributed by atoms with van der Waals surface area (Å²) in [6, 6.07) is 10.6. The smallest absolute Gasteiger partial charge is 0.416 e. The highest BCUT2D eigenvalue weighted by Gasteiger charge is 2.52. The molecule has 0 bridgehead atoms. The van der Waals surface area contributed by atoms with E-state index in [1.165, 1.54) is 11.0 Å². The lowest BCUT2D eigenvalue weighted by Crippen LogP contribution is -2.69. The number of ether oxygens (including phenoxy) is 1. The van der Waals surface area contributed by atoms with Crippen molar-refractivity contribution in [3.05, 3.63) is 64.8 Å². The fraction of sp³-hybridized carbons (Fsp3) is 0.304. The Hall–Kier alpha value is -3.49. The van der Waals surface area contributed by atoms with Crippen LogP contribution >= 0.6 is 0 Å². The van der Waals surface area contributed by atoms with E-state index in [4.69, 9.17) is 4.74 Å². The number of alkyl halides is 3. The third-order valence-corrected chi connectivity index (χ3v) is 5.93. The van der Waals surface area contributed by atoms with Gasteiger partial charge in [-0.1, -0.05) is 6.07 Å². The Bertz CT molecular complexity index is 1240. The normalized spacial score (nSPS) is 17.1. The number of hydrogen-bond acceptors (Lipinski definition) is 3. The Morgan fingerprint density at radius 1 is 1.19 bits per heavy atom. The van der Waals surface area contributed by atoms with Gasteiger partial charge in [-0.3, -0.25) is 4.79 Å². The van der Waals surface area contributed by atoms with Crippen LogP contribution in [0.2, 0.25) is 0 Å². The molecule has 0 atom stereocenters. The SMILES string of the molecule is Cc1cc2cc(CNC(=O)N3CC4(CC(=O)c5cc(C(F)(F)F)ccc5O4)C3)ccc2[nH]1. The first-order valence-corrected chi connectivity index (χ1v) is 10.2. The van der Waals surface area contributed by atoms with Crippen molar-refractivity contribution in [2.45, 2.75) is 31.7 Å². The molecule has 3 aromatic rings. The van der Waals surface area contributed by atoms with Crippen LogP contribution in [0.4, 0.5) is 18.0 Å². The minimum absolute atomic E-state index is 0.0609. The number of hydrogen-bond donors (Lipinski definition) is 2. The van der Waals surface area contributed by atoms with Crippen LogP contribution in [0.15, 0.2) is 42.5 Å². The van der Waals surface area contributed by atoms with Gasteiger partial charge in [-0.2, -0.15) is 13.2 Å². The largest absolute Gasteiger partial charge is 0.482 e. The molecule has 9 heteroatoms. The molecule has 0 aliphatic carbocycles. The molecule has 0 saturated carbocycles. The van der Waals surface area contributed by atoms with E-state index in [1.54, 1.807) is 0 Å². The first kappa shape index (κ1) is 20.4. The van der Waals surface area contributed by atoms with Crippen LogP contribution in [0.25, 0.3) is 10.9 Å². The third kappa shape index (κ3) is 3.57. The van der Waals surface area contributed by atoms with Crippen LogP contribution in [-0.2, 0) is 12.7 Å². The molecular weight excluding hydrogens is 423 g/mol. The molecule has 5 rings (SSSR count). The summed E-state index contributed by atoms with van der Waals surface area (Å²) in [7, 11) is 0. The number of aromatic nitrogens is 1. The predicted octanol–water partition coefficient (Wildman–Crippen LogP) is 4.42. The van der Waals surface area contributed by atoms with Gasteiger partial charge in [0.1, 0.15) is 5.75 Å². The molecule has 32 heavy (non-hydrogen) atoms. The van der Waals surface area contributed by atoms with Crippen LogP contribution in [-0.4, -0.2) is 40.4 Å². The van der Waals surface area contributed by atoms with Gasteiger partial charge in [0.05, 0.1) is 30.6 Å². The maximum Gasteiger partial charge on any atom is 0.416 e. The third-order valence-electron chi connectivity index (χ3n) is 5.93. The second-order valence-electron chi connectivity index (χ2n) is 8.48. The summed E-state index contributed by atoms with van der Waals surface area (Å²) >= 11 is 0. The van der Waals surface area contributed by atoms with Crippen molar-refractivity contribution < 1.29 is 27.5 Å². The number of aryl methyl sites for hydroxylation is 1. The second kappa shape index (κ2) is 7.01. The fourth-order valence-corrected chi connectivity index (χ4v) is 4.37. The molecule has 1 spiro atoms. The molecule has 0 radical (unpaired) electrons. The number of carbonyl (C=O) groups is 2. The van der Waals surface area contributed by atoms with E-state index in [0.717, 1.165) is 34.3 Å². The van der Waals surface area contributed by atoms with Crippen LogP contribution in [0.1, 0.15) is 33.6 Å². The number of Topliss-reactive ketones (excluding diaryl/α,β-unsaturated/α-hetero) is 1. The molecule has 2 amide bonds. The summed E-state index contributed by atoms with van der Waals surface area (Å²) in [5, 5.41) is 3.93. The summed E-state index contributed by atoms with van der Waals surface area (Å²) in [4.78, 5) is 29.8. The number of aromatic amines is 1. The Morgan fingerprint density at radius 3 is 2.72 bits per heavy atom. The number of nitrogens with zero attached hydrogens (tertiary/aromatic N) is 1. The minimum Gasteiger partial charge on any atom is -0.482 e. The van der Waals surface area contributed by atoms with E-state index in [1.807, 2.05) is 31.2 Å². The number of nitrogens with one attached hydrogen (secondary N) is 2. The first-order chi connectivity index (χ1) is 15.1. The van der Waals surface area contributed by atoms with Gasteiger partial charge < -0.3 is 19.9 Å². The van der Waals surface area contributed by atoms with Crippen molar-refractivity contribution in [1.29, 1.82) is 0 Å². The highest BCUT2D eigenvalue weighted by molar-refractivity contribution is 6.01. The number of amides is 2. The quantitative estimate of drug-likeness (QED) is 0.616. The lowest BCUT2D eigenvalue weighted by molar-refractivity contribution is -0.137. The maximum absolute atomic E-state index is 12.9. The molecule has 2 aliphatic heterocycles. The molecule has 6 nitrogen and oxygen atoms in total. The number of ketones is 1. The molecule has 2 N–H and O–H groups in total. The van der Waals surface area contributed by atoms with Gasteiger partial charge in [0.2, 0.25) is 0 Å². The van der Waals surface area contributed by atoms with Crippen LogP contribution in [0, 0.1) is 6.92 Å². The molecule has 1 fully saturated rings. The zero-order chi connectivity index (χ0) is 22.7. The number of carbonyl (C=O) groups excluding carboxylic acids is 2. The van der Waals surface area contributed by atoms with E-state index in [0.29, 0.717) is 6.54 Å². The first-order valence-electron chi connectivity index (χ1n) is 10.2. The monoisotopic (exact) mass is 443 g/mol. The molecule has 3 heterocycles. The maximum atomic E-state index is 12.9. The Balaban J connectivity index is 1.21. The highest BCUT2D eigenvalue weighted by Crippen LogP contribution is 2.41. The lowest BCUT2D eigenvalue weighted by Gasteiger charge is -2.50. The van der Waals surface area contributed by atoms with Crippen molar-refractivity contribution in [2.24, 2.45) is 0 Å². The van der Waals surface area contributed by atoms with E-state index in [2.05, 4.69) is 10.3 Å². The Kier molecular flexibility index (Phi) is 4.47. The zero-order valence-electron chi connectivity index (χ0n) is 17.2. The van der Waals surface area contributed by atoms with E-state index in [-0.39, 0.29) is 36.9 Å². The summed E-state index contributed by atoms with van der Waals surface area (Å²) in [6.07, 6.45) is -4.59. The van der Waals surface area contributed by atoms with Gasteiger partial charge in [0.15, 0.2) is 11.4 Å². The molecule has 1 aromatic heterocycles. The topological polar surface area (TPSA) is 74.4 Å². The number of urea groups is 1. The van der Waals surface area contributed by atoms with E-state index >= 15 is 0 Å². The minimum atomic E-state index is -4.53. The number of fused-ring (bicyclic) bond motifs is 2. The van der Waals surface area contributed by atoms with Crippen LogP contribution in [0.3, 0.4) is 0 Å². The van der Waals surface area contributed by atoms with Crippen molar-refractivity contribution in [2.75, 3.05) is 13.1 Å². The molecule has 2 aliphatic rings. The number of rotatable bonds is 2. The van der Waals surface area contributed by atoms with Gasteiger partial charge in [-0.25, -0.2) is 4.79 Å². The van der Waals surface area contributed by atoms with Crippen LogP contribution in [0.5, 0.6) is 5.75 Å². The van der Waals surface area contributed by atoms with E-state index in [9.17, 15) is 22.8 Å². The van der Waals surface area contributed by atoms with Gasteiger partial charge >= 0.3 is 12.2 Å².